The van der Waals surface area contributed by atoms with Gasteiger partial charge in [0.15, 0.2) is 5.69 Å². The summed E-state index contributed by atoms with van der Waals surface area (Å²) in [6, 6.07) is 10.3. The first kappa shape index (κ1) is 17.1. The number of hydrogen-bond donors (Lipinski definition) is 1. The summed E-state index contributed by atoms with van der Waals surface area (Å²) in [4.78, 5) is 17.4. The highest BCUT2D eigenvalue weighted by Crippen LogP contribution is 2.33. The number of amides is 1. The van der Waals surface area contributed by atoms with Gasteiger partial charge in [-0.2, -0.15) is 5.10 Å². The first-order valence-corrected chi connectivity index (χ1v) is 9.51. The third-order valence-corrected chi connectivity index (χ3v) is 5.38. The van der Waals surface area contributed by atoms with Crippen molar-refractivity contribution < 1.29 is 4.79 Å². The molecule has 0 aliphatic carbocycles. The van der Waals surface area contributed by atoms with Crippen molar-refractivity contribution in [3.63, 3.8) is 0 Å². The van der Waals surface area contributed by atoms with Crippen LogP contribution in [0.25, 0.3) is 0 Å². The Morgan fingerprint density at radius 1 is 1.19 bits per heavy atom. The molecular formula is C20H27N5O. The molecule has 2 unspecified atom stereocenters. The summed E-state index contributed by atoms with van der Waals surface area (Å²) < 4.78 is 1.96. The van der Waals surface area contributed by atoms with E-state index in [4.69, 9.17) is 0 Å². The largest absolute Gasteiger partial charge is 0.373 e. The minimum atomic E-state index is -0.0119. The molecule has 4 rings (SSSR count). The number of nitrogens with zero attached hydrogens (tertiary/aromatic N) is 4. The van der Waals surface area contributed by atoms with E-state index in [1.165, 1.54) is 0 Å². The van der Waals surface area contributed by atoms with Crippen LogP contribution in [0.3, 0.4) is 0 Å². The molecule has 0 radical (unpaired) electrons. The Bertz CT molecular complexity index is 780. The maximum atomic E-state index is 13.3. The van der Waals surface area contributed by atoms with Gasteiger partial charge in [0.25, 0.3) is 5.91 Å². The fourth-order valence-electron chi connectivity index (χ4n) is 4.09. The van der Waals surface area contributed by atoms with Gasteiger partial charge in [-0.25, -0.2) is 0 Å². The van der Waals surface area contributed by atoms with Crippen molar-refractivity contribution in [2.24, 2.45) is 5.92 Å². The van der Waals surface area contributed by atoms with Crippen molar-refractivity contribution in [3.05, 3.63) is 42.2 Å². The topological polar surface area (TPSA) is 53.4 Å². The van der Waals surface area contributed by atoms with Crippen LogP contribution in [0.5, 0.6) is 0 Å². The second-order valence-corrected chi connectivity index (χ2v) is 7.57. The molecule has 0 bridgehead atoms. The minimum absolute atomic E-state index is 0.0119. The number of anilines is 2. The third kappa shape index (κ3) is 3.21. The average molecular weight is 353 g/mol. The van der Waals surface area contributed by atoms with Crippen LogP contribution in [0.1, 0.15) is 36.3 Å². The average Bonchev–Trinajstić information content (AvgIpc) is 3.12. The molecule has 1 N–H and O–H groups in total. The lowest BCUT2D eigenvalue weighted by molar-refractivity contribution is 0.0978. The van der Waals surface area contributed by atoms with E-state index in [1.54, 1.807) is 0 Å². The monoisotopic (exact) mass is 353 g/mol. The van der Waals surface area contributed by atoms with E-state index in [1.807, 2.05) is 40.0 Å². The fraction of sp³-hybridized carbons (Fsp3) is 0.500. The highest BCUT2D eigenvalue weighted by molar-refractivity contribution is 6.06. The van der Waals surface area contributed by atoms with Gasteiger partial charge in [-0.1, -0.05) is 19.1 Å². The lowest BCUT2D eigenvalue weighted by Crippen LogP contribution is -2.35. The molecular weight excluding hydrogens is 326 g/mol. The van der Waals surface area contributed by atoms with E-state index in [0.717, 1.165) is 43.9 Å². The van der Waals surface area contributed by atoms with Crippen LogP contribution >= 0.6 is 0 Å². The molecule has 1 amide bonds. The standard InChI is InChI=1S/C20H27N5O/c1-15-13-23(2)18-7-3-4-8-19(18)24(14-15)20(26)17-9-11-25(22-17)16-6-5-10-21-12-16/h3-4,7-9,11,15-16,21H,5-6,10,12-14H2,1-2H3. The summed E-state index contributed by atoms with van der Waals surface area (Å²) in [6.07, 6.45) is 4.21. The van der Waals surface area contributed by atoms with Crippen LogP contribution in [0.2, 0.25) is 0 Å². The molecule has 138 valence electrons. The molecule has 6 nitrogen and oxygen atoms in total. The SMILES string of the molecule is CC1CN(C)c2ccccc2N(C(=O)c2ccn(C3CCCNC3)n2)C1. The van der Waals surface area contributed by atoms with Crippen LogP contribution in [-0.4, -0.2) is 48.9 Å². The van der Waals surface area contributed by atoms with Crippen LogP contribution in [0.4, 0.5) is 11.4 Å². The Labute approximate surface area is 154 Å². The minimum Gasteiger partial charge on any atom is -0.373 e. The van der Waals surface area contributed by atoms with Gasteiger partial charge in [-0.05, 0) is 43.5 Å². The number of fused-ring (bicyclic) bond motifs is 1. The van der Waals surface area contributed by atoms with E-state index in [9.17, 15) is 4.79 Å². The molecule has 1 aromatic heterocycles. The molecule has 6 heteroatoms. The predicted octanol–water partition coefficient (Wildman–Crippen LogP) is 2.54. The molecule has 2 aliphatic heterocycles. The molecule has 1 fully saturated rings. The van der Waals surface area contributed by atoms with Gasteiger partial charge in [0.05, 0.1) is 17.4 Å². The molecule has 2 aliphatic rings. The molecule has 1 saturated heterocycles. The molecule has 0 spiro atoms. The van der Waals surface area contributed by atoms with Crippen LogP contribution in [0, 0.1) is 5.92 Å². The van der Waals surface area contributed by atoms with Gasteiger partial charge in [-0.3, -0.25) is 9.48 Å². The zero-order chi connectivity index (χ0) is 18.1. The van der Waals surface area contributed by atoms with Crippen LogP contribution < -0.4 is 15.1 Å². The molecule has 2 aromatic rings. The summed E-state index contributed by atoms with van der Waals surface area (Å²) in [5, 5.41) is 8.03. The Hall–Kier alpha value is -2.34. The van der Waals surface area contributed by atoms with Crippen molar-refractivity contribution in [3.8, 4) is 0 Å². The second kappa shape index (κ2) is 7.11. The van der Waals surface area contributed by atoms with Crippen molar-refractivity contribution in [1.29, 1.82) is 0 Å². The zero-order valence-corrected chi connectivity index (χ0v) is 15.6. The molecule has 26 heavy (non-hydrogen) atoms. The van der Waals surface area contributed by atoms with Crippen molar-refractivity contribution in [1.82, 2.24) is 15.1 Å². The number of para-hydroxylation sites is 2. The Balaban J connectivity index is 1.63. The second-order valence-electron chi connectivity index (χ2n) is 7.57. The number of hydrogen-bond acceptors (Lipinski definition) is 4. The van der Waals surface area contributed by atoms with Gasteiger partial charge in [0, 0.05) is 32.9 Å². The van der Waals surface area contributed by atoms with Crippen molar-refractivity contribution in [2.45, 2.75) is 25.8 Å². The normalized spacial score (nSPS) is 23.5. The summed E-state index contributed by atoms with van der Waals surface area (Å²) >= 11 is 0. The van der Waals surface area contributed by atoms with Gasteiger partial charge in [0.2, 0.25) is 0 Å². The van der Waals surface area contributed by atoms with Crippen LogP contribution in [-0.2, 0) is 0 Å². The number of benzene rings is 1. The van der Waals surface area contributed by atoms with E-state index in [2.05, 4.69) is 35.4 Å². The molecule has 2 atom stereocenters. The zero-order valence-electron chi connectivity index (χ0n) is 15.6. The molecule has 3 heterocycles. The van der Waals surface area contributed by atoms with Crippen LogP contribution in [0.15, 0.2) is 36.5 Å². The number of rotatable bonds is 2. The summed E-state index contributed by atoms with van der Waals surface area (Å²) in [5.74, 6) is 0.378. The number of nitrogens with one attached hydrogen (secondary N) is 1. The summed E-state index contributed by atoms with van der Waals surface area (Å²) in [7, 11) is 2.09. The van der Waals surface area contributed by atoms with E-state index >= 15 is 0 Å². The Morgan fingerprint density at radius 2 is 2.00 bits per heavy atom. The number of piperidine rings is 1. The van der Waals surface area contributed by atoms with Crippen molar-refractivity contribution >= 4 is 17.3 Å². The predicted molar refractivity (Wildman–Crippen MR) is 104 cm³/mol. The number of carbonyl (C=O) groups excluding carboxylic acids is 1. The first-order chi connectivity index (χ1) is 12.6. The van der Waals surface area contributed by atoms with E-state index < -0.39 is 0 Å². The quantitative estimate of drug-likeness (QED) is 0.901. The first-order valence-electron chi connectivity index (χ1n) is 9.51. The van der Waals surface area contributed by atoms with Gasteiger partial charge < -0.3 is 15.1 Å². The molecule has 1 aromatic carbocycles. The van der Waals surface area contributed by atoms with Gasteiger partial charge in [-0.15, -0.1) is 0 Å². The maximum Gasteiger partial charge on any atom is 0.278 e. The Kier molecular flexibility index (Phi) is 4.68. The highest BCUT2D eigenvalue weighted by Gasteiger charge is 2.29. The van der Waals surface area contributed by atoms with Gasteiger partial charge in [0.1, 0.15) is 0 Å². The lowest BCUT2D eigenvalue weighted by Gasteiger charge is -2.24. The Morgan fingerprint density at radius 3 is 2.77 bits per heavy atom. The third-order valence-electron chi connectivity index (χ3n) is 5.38. The smallest absolute Gasteiger partial charge is 0.278 e. The fourth-order valence-corrected chi connectivity index (χ4v) is 4.09. The summed E-state index contributed by atoms with van der Waals surface area (Å²) in [5.41, 5.74) is 2.60. The van der Waals surface area contributed by atoms with Crippen molar-refractivity contribution in [2.75, 3.05) is 43.0 Å². The van der Waals surface area contributed by atoms with E-state index in [0.29, 0.717) is 24.2 Å². The lowest BCUT2D eigenvalue weighted by atomic mass is 10.1. The van der Waals surface area contributed by atoms with E-state index in [-0.39, 0.29) is 5.91 Å². The van der Waals surface area contributed by atoms with Gasteiger partial charge >= 0.3 is 0 Å². The maximum absolute atomic E-state index is 13.3. The number of aromatic nitrogens is 2. The molecule has 0 saturated carbocycles. The number of carbonyl (C=O) groups is 1. The highest BCUT2D eigenvalue weighted by atomic mass is 16.2. The summed E-state index contributed by atoms with van der Waals surface area (Å²) in [6.45, 7) is 5.82.